The molecule has 0 bridgehead atoms. The largest absolute Gasteiger partial charge is 0.497 e. The van der Waals surface area contributed by atoms with Gasteiger partial charge >= 0.3 is 0 Å². The molecule has 19 heavy (non-hydrogen) atoms. The van der Waals surface area contributed by atoms with E-state index in [0.29, 0.717) is 28.3 Å². The Morgan fingerprint density at radius 1 is 1.05 bits per heavy atom. The second-order valence-electron chi connectivity index (χ2n) is 3.99. The average molecular weight is 257 g/mol. The Balaban J connectivity index is 2.53. The molecule has 0 aliphatic heterocycles. The van der Waals surface area contributed by atoms with Crippen LogP contribution in [0.4, 0.5) is 5.69 Å². The van der Waals surface area contributed by atoms with Crippen LogP contribution in [0, 0.1) is 0 Å². The molecule has 0 saturated heterocycles. The number of carbonyl (C=O) groups excluding carboxylic acids is 1. The molecule has 0 aliphatic carbocycles. The minimum Gasteiger partial charge on any atom is -0.497 e. The van der Waals surface area contributed by atoms with Gasteiger partial charge in [-0.15, -0.1) is 0 Å². The van der Waals surface area contributed by atoms with E-state index in [0.717, 1.165) is 0 Å². The summed E-state index contributed by atoms with van der Waals surface area (Å²) in [6.45, 7) is 0. The fourth-order valence-electron chi connectivity index (χ4n) is 1.82. The summed E-state index contributed by atoms with van der Waals surface area (Å²) in [4.78, 5) is 12.4. The smallest absolute Gasteiger partial charge is 0.195 e. The first-order valence-corrected chi connectivity index (χ1v) is 5.78. The molecule has 0 unspecified atom stereocenters. The van der Waals surface area contributed by atoms with Gasteiger partial charge in [0.2, 0.25) is 0 Å². The lowest BCUT2D eigenvalue weighted by molar-refractivity contribution is 0.103. The van der Waals surface area contributed by atoms with E-state index in [-0.39, 0.29) is 5.78 Å². The van der Waals surface area contributed by atoms with Gasteiger partial charge in [0, 0.05) is 11.6 Å². The molecular formula is C15H15NO3. The number of ketones is 1. The van der Waals surface area contributed by atoms with Gasteiger partial charge in [0.1, 0.15) is 11.5 Å². The molecule has 0 aliphatic rings. The topological polar surface area (TPSA) is 61.6 Å². The number of carbonyl (C=O) groups is 1. The third-order valence-electron chi connectivity index (χ3n) is 2.85. The molecule has 98 valence electrons. The van der Waals surface area contributed by atoms with E-state index in [2.05, 4.69) is 0 Å². The Morgan fingerprint density at radius 2 is 1.74 bits per heavy atom. The highest BCUT2D eigenvalue weighted by Gasteiger charge is 2.17. The standard InChI is InChI=1S/C15H15NO3/c1-18-11-8-12(14(16)13(9-11)19-2)15(17)10-6-4-3-5-7-10/h3-9H,16H2,1-2H3. The molecule has 2 aromatic rings. The molecule has 2 N–H and O–H groups in total. The van der Waals surface area contributed by atoms with E-state index < -0.39 is 0 Å². The van der Waals surface area contributed by atoms with E-state index in [9.17, 15) is 4.79 Å². The summed E-state index contributed by atoms with van der Waals surface area (Å²) in [5, 5.41) is 0. The van der Waals surface area contributed by atoms with Gasteiger partial charge in [-0.1, -0.05) is 30.3 Å². The van der Waals surface area contributed by atoms with Crippen molar-refractivity contribution in [3.8, 4) is 11.5 Å². The van der Waals surface area contributed by atoms with E-state index in [4.69, 9.17) is 15.2 Å². The van der Waals surface area contributed by atoms with E-state index in [1.54, 1.807) is 36.4 Å². The number of nitrogens with two attached hydrogens (primary N) is 1. The lowest BCUT2D eigenvalue weighted by atomic mass is 10.0. The molecule has 0 spiro atoms. The molecule has 0 aromatic heterocycles. The molecule has 4 heteroatoms. The number of nitrogen functional groups attached to an aromatic ring is 1. The second kappa shape index (κ2) is 5.44. The van der Waals surface area contributed by atoms with Crippen LogP contribution in [0.1, 0.15) is 15.9 Å². The molecule has 0 saturated carbocycles. The first-order valence-electron chi connectivity index (χ1n) is 5.78. The van der Waals surface area contributed by atoms with Crippen LogP contribution in [0.15, 0.2) is 42.5 Å². The minimum atomic E-state index is -0.157. The van der Waals surface area contributed by atoms with Gasteiger partial charge in [-0.05, 0) is 6.07 Å². The van der Waals surface area contributed by atoms with Gasteiger partial charge in [-0.3, -0.25) is 4.79 Å². The number of rotatable bonds is 4. The van der Waals surface area contributed by atoms with Crippen molar-refractivity contribution in [2.75, 3.05) is 20.0 Å². The summed E-state index contributed by atoms with van der Waals surface area (Å²) in [7, 11) is 3.03. The van der Waals surface area contributed by atoms with Crippen LogP contribution in [-0.2, 0) is 0 Å². The van der Waals surface area contributed by atoms with Gasteiger partial charge in [-0.25, -0.2) is 0 Å². The zero-order chi connectivity index (χ0) is 13.8. The lowest BCUT2D eigenvalue weighted by Gasteiger charge is -2.12. The highest BCUT2D eigenvalue weighted by molar-refractivity contribution is 6.13. The Labute approximate surface area is 111 Å². The Kier molecular flexibility index (Phi) is 3.71. The van der Waals surface area contributed by atoms with Crippen molar-refractivity contribution in [1.82, 2.24) is 0 Å². The third kappa shape index (κ3) is 2.52. The number of ether oxygens (including phenoxy) is 2. The first kappa shape index (κ1) is 13.0. The number of benzene rings is 2. The first-order chi connectivity index (χ1) is 9.17. The molecule has 4 nitrogen and oxygen atoms in total. The summed E-state index contributed by atoms with van der Waals surface area (Å²) >= 11 is 0. The number of hydrogen-bond donors (Lipinski definition) is 1. The Bertz CT molecular complexity index is 594. The monoisotopic (exact) mass is 257 g/mol. The highest BCUT2D eigenvalue weighted by atomic mass is 16.5. The molecule has 2 rings (SSSR count). The molecule has 0 fully saturated rings. The predicted octanol–water partition coefficient (Wildman–Crippen LogP) is 2.52. The van der Waals surface area contributed by atoms with Crippen LogP contribution in [0.25, 0.3) is 0 Å². The van der Waals surface area contributed by atoms with Crippen LogP contribution in [-0.4, -0.2) is 20.0 Å². The fourth-order valence-corrected chi connectivity index (χ4v) is 1.82. The van der Waals surface area contributed by atoms with E-state index >= 15 is 0 Å². The normalized spacial score (nSPS) is 10.0. The fraction of sp³-hybridized carbons (Fsp3) is 0.133. The van der Waals surface area contributed by atoms with Gasteiger partial charge in [-0.2, -0.15) is 0 Å². The zero-order valence-electron chi connectivity index (χ0n) is 10.8. The Morgan fingerprint density at radius 3 is 2.32 bits per heavy atom. The maximum atomic E-state index is 12.4. The van der Waals surface area contributed by atoms with Crippen LogP contribution in [0.5, 0.6) is 11.5 Å². The van der Waals surface area contributed by atoms with Crippen LogP contribution < -0.4 is 15.2 Å². The molecule has 2 aromatic carbocycles. The minimum absolute atomic E-state index is 0.157. The van der Waals surface area contributed by atoms with Crippen LogP contribution >= 0.6 is 0 Å². The zero-order valence-corrected chi connectivity index (χ0v) is 10.8. The van der Waals surface area contributed by atoms with Gasteiger partial charge in [0.05, 0.1) is 25.5 Å². The number of hydrogen-bond acceptors (Lipinski definition) is 4. The lowest BCUT2D eigenvalue weighted by Crippen LogP contribution is -2.07. The van der Waals surface area contributed by atoms with Crippen molar-refractivity contribution in [3.05, 3.63) is 53.6 Å². The predicted molar refractivity (Wildman–Crippen MR) is 73.8 cm³/mol. The second-order valence-corrected chi connectivity index (χ2v) is 3.99. The Hall–Kier alpha value is -2.49. The van der Waals surface area contributed by atoms with Gasteiger partial charge < -0.3 is 15.2 Å². The molecular weight excluding hydrogens is 242 g/mol. The maximum absolute atomic E-state index is 12.4. The van der Waals surface area contributed by atoms with E-state index in [1.807, 2.05) is 6.07 Å². The van der Waals surface area contributed by atoms with Crippen LogP contribution in [0.2, 0.25) is 0 Å². The van der Waals surface area contributed by atoms with Crippen molar-refractivity contribution in [1.29, 1.82) is 0 Å². The summed E-state index contributed by atoms with van der Waals surface area (Å²) in [6.07, 6.45) is 0. The number of methoxy groups -OCH3 is 2. The van der Waals surface area contributed by atoms with Crippen molar-refractivity contribution in [3.63, 3.8) is 0 Å². The van der Waals surface area contributed by atoms with Crippen LogP contribution in [0.3, 0.4) is 0 Å². The van der Waals surface area contributed by atoms with Gasteiger partial charge in [0.15, 0.2) is 5.78 Å². The van der Waals surface area contributed by atoms with Gasteiger partial charge in [0.25, 0.3) is 0 Å². The summed E-state index contributed by atoms with van der Waals surface area (Å²) < 4.78 is 10.3. The summed E-state index contributed by atoms with van der Waals surface area (Å²) in [6, 6.07) is 12.2. The maximum Gasteiger partial charge on any atom is 0.195 e. The molecule has 0 radical (unpaired) electrons. The van der Waals surface area contributed by atoms with Crippen molar-refractivity contribution in [2.24, 2.45) is 0 Å². The van der Waals surface area contributed by atoms with Crippen molar-refractivity contribution in [2.45, 2.75) is 0 Å². The quantitative estimate of drug-likeness (QED) is 0.675. The van der Waals surface area contributed by atoms with Crippen molar-refractivity contribution < 1.29 is 14.3 Å². The number of anilines is 1. The highest BCUT2D eigenvalue weighted by Crippen LogP contribution is 2.32. The SMILES string of the molecule is COc1cc(OC)c(N)c(C(=O)c2ccccc2)c1. The van der Waals surface area contributed by atoms with Crippen molar-refractivity contribution >= 4 is 11.5 Å². The average Bonchev–Trinajstić information content (AvgIpc) is 2.47. The summed E-state index contributed by atoms with van der Waals surface area (Å²) in [5.41, 5.74) is 7.22. The molecule has 0 heterocycles. The third-order valence-corrected chi connectivity index (χ3v) is 2.85. The van der Waals surface area contributed by atoms with E-state index in [1.165, 1.54) is 14.2 Å². The molecule has 0 amide bonds. The molecule has 0 atom stereocenters. The summed E-state index contributed by atoms with van der Waals surface area (Å²) in [5.74, 6) is 0.805.